The van der Waals surface area contributed by atoms with E-state index in [0.717, 1.165) is 37.9 Å². The van der Waals surface area contributed by atoms with Crippen LogP contribution < -0.4 is 11.1 Å². The van der Waals surface area contributed by atoms with E-state index in [4.69, 9.17) is 5.73 Å². The van der Waals surface area contributed by atoms with Gasteiger partial charge in [-0.1, -0.05) is 19.3 Å². The molecule has 0 unspecified atom stereocenters. The van der Waals surface area contributed by atoms with Crippen molar-refractivity contribution in [1.82, 2.24) is 15.3 Å². The first-order chi connectivity index (χ1) is 8.75. The number of nitrogens with two attached hydrogens (primary N) is 1. The van der Waals surface area contributed by atoms with Gasteiger partial charge in [0.05, 0.1) is 6.20 Å². The number of hydrogen-bond acceptors (Lipinski definition) is 3. The van der Waals surface area contributed by atoms with Crippen molar-refractivity contribution >= 4 is 11.9 Å². The van der Waals surface area contributed by atoms with Gasteiger partial charge in [-0.3, -0.25) is 4.79 Å². The monoisotopic (exact) mass is 250 g/mol. The van der Waals surface area contributed by atoms with Crippen LogP contribution in [0.4, 0.5) is 5.95 Å². The fourth-order valence-electron chi connectivity index (χ4n) is 2.50. The molecule has 5 heteroatoms. The topological polar surface area (TPSA) is 83.8 Å². The Bertz CT molecular complexity index is 382. The Morgan fingerprint density at radius 3 is 2.89 bits per heavy atom. The van der Waals surface area contributed by atoms with Gasteiger partial charge >= 0.3 is 0 Å². The number of imidazole rings is 1. The molecule has 18 heavy (non-hydrogen) atoms. The van der Waals surface area contributed by atoms with Gasteiger partial charge in [0, 0.05) is 18.2 Å². The maximum absolute atomic E-state index is 11.9. The van der Waals surface area contributed by atoms with Crippen LogP contribution in [0.3, 0.4) is 0 Å². The second-order valence-electron chi connectivity index (χ2n) is 5.02. The summed E-state index contributed by atoms with van der Waals surface area (Å²) in [5.41, 5.74) is 6.52. The van der Waals surface area contributed by atoms with Crippen LogP contribution in [0.5, 0.6) is 0 Å². The lowest BCUT2D eigenvalue weighted by Crippen LogP contribution is -2.32. The molecule has 0 bridgehead atoms. The molecule has 1 fully saturated rings. The van der Waals surface area contributed by atoms with Gasteiger partial charge in [-0.15, -0.1) is 0 Å². The standard InChI is InChI=1S/C13H22N4O/c14-13-16-9-11(17-13)7-4-8-15-12(18)10-5-2-1-3-6-10/h9-10H,1-8H2,(H,15,18)(H3,14,16,17). The van der Waals surface area contributed by atoms with E-state index in [2.05, 4.69) is 15.3 Å². The van der Waals surface area contributed by atoms with E-state index in [1.54, 1.807) is 6.20 Å². The van der Waals surface area contributed by atoms with E-state index < -0.39 is 0 Å². The number of nitrogens with one attached hydrogen (secondary N) is 2. The number of nitrogen functional groups attached to an aromatic ring is 1. The van der Waals surface area contributed by atoms with Crippen molar-refractivity contribution in [2.45, 2.75) is 44.9 Å². The van der Waals surface area contributed by atoms with Gasteiger partial charge in [0.25, 0.3) is 0 Å². The molecule has 0 saturated heterocycles. The predicted octanol–water partition coefficient (Wildman–Crippen LogP) is 1.62. The summed E-state index contributed by atoms with van der Waals surface area (Å²) >= 11 is 0. The predicted molar refractivity (Wildman–Crippen MR) is 70.9 cm³/mol. The van der Waals surface area contributed by atoms with E-state index in [0.29, 0.717) is 5.95 Å². The number of hydrogen-bond donors (Lipinski definition) is 3. The van der Waals surface area contributed by atoms with Crippen molar-refractivity contribution in [3.05, 3.63) is 11.9 Å². The first-order valence-electron chi connectivity index (χ1n) is 6.83. The van der Waals surface area contributed by atoms with Crippen molar-refractivity contribution in [2.24, 2.45) is 5.92 Å². The molecule has 1 amide bonds. The van der Waals surface area contributed by atoms with Crippen LogP contribution in [-0.2, 0) is 11.2 Å². The zero-order valence-corrected chi connectivity index (χ0v) is 10.7. The van der Waals surface area contributed by atoms with Crippen LogP contribution in [0.2, 0.25) is 0 Å². The van der Waals surface area contributed by atoms with Crippen LogP contribution in [0, 0.1) is 5.92 Å². The van der Waals surface area contributed by atoms with Gasteiger partial charge in [0.2, 0.25) is 5.91 Å². The number of amides is 1. The van der Waals surface area contributed by atoms with Crippen molar-refractivity contribution in [1.29, 1.82) is 0 Å². The van der Waals surface area contributed by atoms with Crippen molar-refractivity contribution in [3.8, 4) is 0 Å². The van der Waals surface area contributed by atoms with Gasteiger partial charge in [-0.2, -0.15) is 0 Å². The average molecular weight is 250 g/mol. The van der Waals surface area contributed by atoms with E-state index in [9.17, 15) is 4.79 Å². The van der Waals surface area contributed by atoms with E-state index in [-0.39, 0.29) is 11.8 Å². The Labute approximate surface area is 108 Å². The Kier molecular flexibility index (Phi) is 4.61. The number of anilines is 1. The van der Waals surface area contributed by atoms with Crippen molar-refractivity contribution < 1.29 is 4.79 Å². The van der Waals surface area contributed by atoms with E-state index >= 15 is 0 Å². The fourth-order valence-corrected chi connectivity index (χ4v) is 2.50. The summed E-state index contributed by atoms with van der Waals surface area (Å²) < 4.78 is 0. The second kappa shape index (κ2) is 6.42. The minimum absolute atomic E-state index is 0.235. The molecule has 0 spiro atoms. The molecule has 2 rings (SSSR count). The van der Waals surface area contributed by atoms with Crippen LogP contribution in [0.1, 0.15) is 44.2 Å². The molecule has 0 radical (unpaired) electrons. The van der Waals surface area contributed by atoms with Crippen LogP contribution in [0.25, 0.3) is 0 Å². The molecule has 1 saturated carbocycles. The Morgan fingerprint density at radius 1 is 1.44 bits per heavy atom. The maximum Gasteiger partial charge on any atom is 0.223 e. The highest BCUT2D eigenvalue weighted by Crippen LogP contribution is 2.23. The molecule has 100 valence electrons. The lowest BCUT2D eigenvalue weighted by Gasteiger charge is -2.20. The zero-order valence-electron chi connectivity index (χ0n) is 10.7. The molecular weight excluding hydrogens is 228 g/mol. The number of carbonyl (C=O) groups excluding carboxylic acids is 1. The van der Waals surface area contributed by atoms with Crippen LogP contribution in [0.15, 0.2) is 6.20 Å². The van der Waals surface area contributed by atoms with E-state index in [1.165, 1.54) is 19.3 Å². The van der Waals surface area contributed by atoms with E-state index in [1.807, 2.05) is 0 Å². The second-order valence-corrected chi connectivity index (χ2v) is 5.02. The summed E-state index contributed by atoms with van der Waals surface area (Å²) in [5.74, 6) is 0.941. The summed E-state index contributed by atoms with van der Waals surface area (Å²) in [5, 5.41) is 3.02. The Morgan fingerprint density at radius 2 is 2.22 bits per heavy atom. The molecule has 5 nitrogen and oxygen atoms in total. The molecule has 0 atom stereocenters. The van der Waals surface area contributed by atoms with Gasteiger partial charge in [-0.05, 0) is 25.7 Å². The molecule has 0 aliphatic heterocycles. The Balaban J connectivity index is 1.61. The number of carbonyl (C=O) groups is 1. The van der Waals surface area contributed by atoms with Crippen LogP contribution >= 0.6 is 0 Å². The third-order valence-electron chi connectivity index (χ3n) is 3.55. The summed E-state index contributed by atoms with van der Waals surface area (Å²) in [6, 6.07) is 0. The lowest BCUT2D eigenvalue weighted by atomic mass is 9.89. The molecule has 0 aromatic carbocycles. The zero-order chi connectivity index (χ0) is 12.8. The summed E-state index contributed by atoms with van der Waals surface area (Å²) in [4.78, 5) is 18.8. The van der Waals surface area contributed by atoms with Gasteiger partial charge < -0.3 is 16.0 Å². The highest BCUT2D eigenvalue weighted by atomic mass is 16.1. The Hall–Kier alpha value is -1.52. The van der Waals surface area contributed by atoms with Crippen molar-refractivity contribution in [3.63, 3.8) is 0 Å². The molecular formula is C13H22N4O. The smallest absolute Gasteiger partial charge is 0.223 e. The van der Waals surface area contributed by atoms with Gasteiger partial charge in [0.15, 0.2) is 5.95 Å². The molecule has 1 aliphatic carbocycles. The summed E-state index contributed by atoms with van der Waals surface area (Å²) in [7, 11) is 0. The van der Waals surface area contributed by atoms with Gasteiger partial charge in [0.1, 0.15) is 0 Å². The number of rotatable bonds is 5. The highest BCUT2D eigenvalue weighted by Gasteiger charge is 2.20. The number of aromatic amines is 1. The number of aryl methyl sites for hydroxylation is 1. The van der Waals surface area contributed by atoms with Gasteiger partial charge in [-0.25, -0.2) is 4.98 Å². The van der Waals surface area contributed by atoms with Crippen molar-refractivity contribution in [2.75, 3.05) is 12.3 Å². The summed E-state index contributed by atoms with van der Waals surface area (Å²) in [6.07, 6.45) is 9.33. The minimum Gasteiger partial charge on any atom is -0.369 e. The maximum atomic E-state index is 11.9. The third kappa shape index (κ3) is 3.75. The lowest BCUT2D eigenvalue weighted by molar-refractivity contribution is -0.125. The largest absolute Gasteiger partial charge is 0.369 e. The average Bonchev–Trinajstić information content (AvgIpc) is 2.81. The normalized spacial score (nSPS) is 16.7. The molecule has 1 heterocycles. The first kappa shape index (κ1) is 12.9. The minimum atomic E-state index is 0.235. The number of H-pyrrole nitrogens is 1. The molecule has 1 aromatic rings. The highest BCUT2D eigenvalue weighted by molar-refractivity contribution is 5.78. The first-order valence-corrected chi connectivity index (χ1v) is 6.83. The number of aromatic nitrogens is 2. The quantitative estimate of drug-likeness (QED) is 0.694. The van der Waals surface area contributed by atoms with Crippen LogP contribution in [-0.4, -0.2) is 22.4 Å². The fraction of sp³-hybridized carbons (Fsp3) is 0.692. The molecule has 4 N–H and O–H groups in total. The molecule has 1 aliphatic rings. The summed E-state index contributed by atoms with van der Waals surface area (Å²) in [6.45, 7) is 0.730. The SMILES string of the molecule is Nc1ncc(CCCNC(=O)C2CCCCC2)[nH]1. The number of nitrogens with zero attached hydrogens (tertiary/aromatic N) is 1. The molecule has 1 aromatic heterocycles. The third-order valence-corrected chi connectivity index (χ3v) is 3.55.